The summed E-state index contributed by atoms with van der Waals surface area (Å²) in [6, 6.07) is 19.8. The van der Waals surface area contributed by atoms with Crippen LogP contribution in [0.2, 0.25) is 0 Å². The Balaban J connectivity index is 1.33. The summed E-state index contributed by atoms with van der Waals surface area (Å²) in [5.74, 6) is 2.66. The molecule has 1 aliphatic heterocycles. The lowest BCUT2D eigenvalue weighted by Crippen LogP contribution is -2.49. The molecule has 1 aromatic heterocycles. The number of hydrogen-bond donors (Lipinski definition) is 0. The monoisotopic (exact) mass is 402 g/mol. The molecule has 0 atom stereocenters. The van der Waals surface area contributed by atoms with E-state index in [1.165, 1.54) is 0 Å². The molecule has 1 fully saturated rings. The zero-order valence-corrected chi connectivity index (χ0v) is 17.2. The van der Waals surface area contributed by atoms with Gasteiger partial charge in [-0.3, -0.25) is 4.79 Å². The molecule has 0 aliphatic carbocycles. The number of benzene rings is 2. The van der Waals surface area contributed by atoms with Crippen LogP contribution in [0.4, 0.5) is 5.82 Å². The average molecular weight is 402 g/mol. The highest BCUT2D eigenvalue weighted by Gasteiger charge is 2.22. The summed E-state index contributed by atoms with van der Waals surface area (Å²) in [6.07, 6.45) is 2.98. The van der Waals surface area contributed by atoms with E-state index in [4.69, 9.17) is 9.72 Å². The summed E-state index contributed by atoms with van der Waals surface area (Å²) in [5, 5.41) is 0. The van der Waals surface area contributed by atoms with Crippen LogP contribution in [-0.4, -0.2) is 54.1 Å². The molecule has 1 saturated heterocycles. The van der Waals surface area contributed by atoms with Crippen molar-refractivity contribution in [3.63, 3.8) is 0 Å². The zero-order valence-electron chi connectivity index (χ0n) is 17.2. The Kier molecular flexibility index (Phi) is 6.23. The molecule has 2 heterocycles. The van der Waals surface area contributed by atoms with E-state index in [1.807, 2.05) is 65.6 Å². The minimum atomic E-state index is 0.188. The van der Waals surface area contributed by atoms with Crippen LogP contribution in [0, 0.1) is 0 Å². The molecule has 4 rings (SSSR count). The zero-order chi connectivity index (χ0) is 20.8. The van der Waals surface area contributed by atoms with Gasteiger partial charge >= 0.3 is 0 Å². The van der Waals surface area contributed by atoms with Gasteiger partial charge in [0.25, 0.3) is 0 Å². The molecule has 6 nitrogen and oxygen atoms in total. The molecule has 30 heavy (non-hydrogen) atoms. The number of ether oxygens (including phenoxy) is 1. The first-order chi connectivity index (χ1) is 14.7. The van der Waals surface area contributed by atoms with E-state index in [1.54, 1.807) is 13.3 Å². The second kappa shape index (κ2) is 9.39. The van der Waals surface area contributed by atoms with Crippen molar-refractivity contribution in [2.24, 2.45) is 0 Å². The Morgan fingerprint density at radius 1 is 0.967 bits per heavy atom. The van der Waals surface area contributed by atoms with E-state index in [9.17, 15) is 4.79 Å². The van der Waals surface area contributed by atoms with Crippen molar-refractivity contribution in [1.29, 1.82) is 0 Å². The minimum Gasteiger partial charge on any atom is -0.496 e. The van der Waals surface area contributed by atoms with E-state index >= 15 is 0 Å². The number of amides is 1. The highest BCUT2D eigenvalue weighted by Crippen LogP contribution is 2.21. The highest BCUT2D eigenvalue weighted by atomic mass is 16.5. The standard InChI is InChI=1S/C24H26N4O2/c1-30-21-10-6-5-7-19(21)11-12-23(29)28-17-15-27(16-18-28)22-13-14-25-24(26-22)20-8-3-2-4-9-20/h2-10,13-14H,11-12,15-18H2,1H3. The Bertz CT molecular complexity index is 985. The second-order valence-corrected chi connectivity index (χ2v) is 7.28. The van der Waals surface area contributed by atoms with Gasteiger partial charge in [-0.15, -0.1) is 0 Å². The Morgan fingerprint density at radius 3 is 2.47 bits per heavy atom. The van der Waals surface area contributed by atoms with E-state index in [0.717, 1.165) is 41.6 Å². The first-order valence-corrected chi connectivity index (χ1v) is 10.3. The molecule has 6 heteroatoms. The minimum absolute atomic E-state index is 0.188. The van der Waals surface area contributed by atoms with E-state index in [-0.39, 0.29) is 5.91 Å². The fourth-order valence-corrected chi connectivity index (χ4v) is 3.75. The Labute approximate surface area is 177 Å². The summed E-state index contributed by atoms with van der Waals surface area (Å²) in [5.41, 5.74) is 2.07. The number of methoxy groups -OCH3 is 1. The molecule has 1 amide bonds. The van der Waals surface area contributed by atoms with E-state index in [2.05, 4.69) is 9.88 Å². The van der Waals surface area contributed by atoms with Gasteiger partial charge in [-0.1, -0.05) is 48.5 Å². The number of para-hydroxylation sites is 1. The molecule has 0 spiro atoms. The van der Waals surface area contributed by atoms with Gasteiger partial charge in [0.15, 0.2) is 5.82 Å². The van der Waals surface area contributed by atoms with Gasteiger partial charge < -0.3 is 14.5 Å². The topological polar surface area (TPSA) is 58.6 Å². The summed E-state index contributed by atoms with van der Waals surface area (Å²) >= 11 is 0. The molecule has 0 saturated carbocycles. The third kappa shape index (κ3) is 4.59. The molecular formula is C24H26N4O2. The van der Waals surface area contributed by atoms with Crippen LogP contribution in [0.25, 0.3) is 11.4 Å². The number of nitrogens with zero attached hydrogens (tertiary/aromatic N) is 4. The molecule has 3 aromatic rings. The van der Waals surface area contributed by atoms with Crippen LogP contribution in [-0.2, 0) is 11.2 Å². The third-order valence-electron chi connectivity index (χ3n) is 5.43. The molecule has 0 radical (unpaired) electrons. The van der Waals surface area contributed by atoms with Crippen molar-refractivity contribution < 1.29 is 9.53 Å². The fraction of sp³-hybridized carbons (Fsp3) is 0.292. The quantitative estimate of drug-likeness (QED) is 0.632. The summed E-state index contributed by atoms with van der Waals surface area (Å²) in [6.45, 7) is 2.95. The summed E-state index contributed by atoms with van der Waals surface area (Å²) in [4.78, 5) is 26.0. The van der Waals surface area contributed by atoms with Gasteiger partial charge in [0.05, 0.1) is 7.11 Å². The summed E-state index contributed by atoms with van der Waals surface area (Å²) < 4.78 is 5.38. The van der Waals surface area contributed by atoms with E-state index in [0.29, 0.717) is 25.9 Å². The largest absolute Gasteiger partial charge is 0.496 e. The number of aryl methyl sites for hydroxylation is 1. The number of piperazine rings is 1. The fourth-order valence-electron chi connectivity index (χ4n) is 3.75. The molecule has 0 N–H and O–H groups in total. The third-order valence-corrected chi connectivity index (χ3v) is 5.43. The van der Waals surface area contributed by atoms with Gasteiger partial charge in [-0.2, -0.15) is 0 Å². The first-order valence-electron chi connectivity index (χ1n) is 10.3. The van der Waals surface area contributed by atoms with Gasteiger partial charge in [0.1, 0.15) is 11.6 Å². The van der Waals surface area contributed by atoms with Crippen molar-refractivity contribution in [1.82, 2.24) is 14.9 Å². The number of rotatable bonds is 6. The number of carbonyl (C=O) groups is 1. The maximum atomic E-state index is 12.7. The maximum absolute atomic E-state index is 12.7. The number of carbonyl (C=O) groups excluding carboxylic acids is 1. The lowest BCUT2D eigenvalue weighted by Gasteiger charge is -2.35. The van der Waals surface area contributed by atoms with Crippen LogP contribution >= 0.6 is 0 Å². The van der Waals surface area contributed by atoms with Crippen LogP contribution < -0.4 is 9.64 Å². The predicted molar refractivity (Wildman–Crippen MR) is 118 cm³/mol. The van der Waals surface area contributed by atoms with E-state index < -0.39 is 0 Å². The van der Waals surface area contributed by atoms with Crippen LogP contribution in [0.1, 0.15) is 12.0 Å². The normalized spacial score (nSPS) is 13.9. The molecule has 1 aliphatic rings. The Hall–Kier alpha value is -3.41. The van der Waals surface area contributed by atoms with Crippen molar-refractivity contribution >= 4 is 11.7 Å². The number of anilines is 1. The van der Waals surface area contributed by atoms with Gasteiger partial charge in [-0.25, -0.2) is 9.97 Å². The van der Waals surface area contributed by atoms with Crippen LogP contribution in [0.3, 0.4) is 0 Å². The highest BCUT2D eigenvalue weighted by molar-refractivity contribution is 5.77. The molecule has 0 unspecified atom stereocenters. The smallest absolute Gasteiger partial charge is 0.223 e. The Morgan fingerprint density at radius 2 is 1.70 bits per heavy atom. The average Bonchev–Trinajstić information content (AvgIpc) is 2.83. The molecular weight excluding hydrogens is 376 g/mol. The van der Waals surface area contributed by atoms with Crippen molar-refractivity contribution in [2.45, 2.75) is 12.8 Å². The van der Waals surface area contributed by atoms with Gasteiger partial charge in [-0.05, 0) is 24.1 Å². The SMILES string of the molecule is COc1ccccc1CCC(=O)N1CCN(c2ccnc(-c3ccccc3)n2)CC1. The summed E-state index contributed by atoms with van der Waals surface area (Å²) in [7, 11) is 1.66. The first kappa shape index (κ1) is 19.9. The lowest BCUT2D eigenvalue weighted by atomic mass is 10.1. The van der Waals surface area contributed by atoms with Crippen molar-refractivity contribution in [3.8, 4) is 17.1 Å². The van der Waals surface area contributed by atoms with Crippen molar-refractivity contribution in [2.75, 3.05) is 38.2 Å². The second-order valence-electron chi connectivity index (χ2n) is 7.28. The van der Waals surface area contributed by atoms with Crippen LogP contribution in [0.15, 0.2) is 66.9 Å². The molecule has 154 valence electrons. The predicted octanol–water partition coefficient (Wildman–Crippen LogP) is 3.43. The number of hydrogen-bond acceptors (Lipinski definition) is 5. The molecule has 2 aromatic carbocycles. The lowest BCUT2D eigenvalue weighted by molar-refractivity contribution is -0.131. The van der Waals surface area contributed by atoms with Gasteiger partial charge in [0.2, 0.25) is 5.91 Å². The van der Waals surface area contributed by atoms with Crippen molar-refractivity contribution in [3.05, 3.63) is 72.4 Å². The maximum Gasteiger partial charge on any atom is 0.223 e. The number of aromatic nitrogens is 2. The van der Waals surface area contributed by atoms with Crippen LogP contribution in [0.5, 0.6) is 5.75 Å². The molecule has 0 bridgehead atoms. The van der Waals surface area contributed by atoms with Gasteiger partial charge in [0, 0.05) is 44.4 Å².